The molecule has 26 N–H and O–H groups in total. The van der Waals surface area contributed by atoms with E-state index in [1.165, 1.54) is 21.6 Å². The molecule has 36 nitrogen and oxygen atoms in total. The van der Waals surface area contributed by atoms with Gasteiger partial charge in [0.25, 0.3) is 0 Å². The molecule has 2 aromatic carbocycles. The third-order valence-electron chi connectivity index (χ3n) is 18.1. The highest BCUT2D eigenvalue weighted by atomic mass is 32.2. The Bertz CT molecular complexity index is 3370. The fraction of sp³-hybridized carbons (Fsp3) is 0.606. The van der Waals surface area contributed by atoms with Gasteiger partial charge in [0.05, 0.1) is 19.1 Å². The van der Waals surface area contributed by atoms with Gasteiger partial charge in [0.1, 0.15) is 60.4 Å². The molecule has 4 rings (SSSR count). The van der Waals surface area contributed by atoms with Crippen LogP contribution in [-0.4, -0.2) is 229 Å². The molecule has 37 heteroatoms. The first-order valence-electron chi connectivity index (χ1n) is 36.7. The molecule has 2 aliphatic heterocycles. The molecule has 2 aromatic rings. The summed E-state index contributed by atoms with van der Waals surface area (Å²) in [7, 11) is 0. The van der Waals surface area contributed by atoms with Crippen LogP contribution < -0.4 is 99.0 Å². The van der Waals surface area contributed by atoms with Gasteiger partial charge in [-0.05, 0) is 145 Å². The number of nitrogens with zero attached hydrogens (tertiary/aromatic N) is 3. The van der Waals surface area contributed by atoms with E-state index in [1.54, 1.807) is 80.8 Å². The van der Waals surface area contributed by atoms with Crippen LogP contribution in [0, 0.1) is 5.92 Å². The van der Waals surface area contributed by atoms with E-state index in [-0.39, 0.29) is 95.8 Å². The average molecular weight is 1530 g/mol. The first-order chi connectivity index (χ1) is 51.5. The number of unbranched alkanes of at least 4 members (excludes halogenated alkanes) is 2. The second-order valence-corrected chi connectivity index (χ2v) is 28.2. The van der Waals surface area contributed by atoms with Crippen molar-refractivity contribution in [3.63, 3.8) is 0 Å². The average Bonchev–Trinajstić information content (AvgIpc) is 1.64. The number of nitrogens with one attached hydrogen (secondary N) is 10. The van der Waals surface area contributed by atoms with Crippen molar-refractivity contribution in [2.75, 3.05) is 57.8 Å². The van der Waals surface area contributed by atoms with E-state index in [4.69, 9.17) is 45.9 Å². The molecular weight excluding hydrogens is 1420 g/mol. The standard InChI is InChI=1S/C71H113N21O15S/c1-42(2)37-51(65(102)86-49(30-36-108-3)61(98)81-40-58(95)83-46(60(77)97)22-10-12-31-72)84-59(96)41-82-62(99)52(38-43-17-6-4-7-18-43)89-66(103)53(39-44-19-8-5-9-20-44)90-64(101)47(26-28-56(75)93)85-63(100)48(27-29-57(76)94)87-67(104)55-25-16-35-92(55)70(107)50(23-11-13-32-73)88-68(105)54-24-15-34-91(54)69(106)45(74)21-14-33-80-71(78)79/h4-9,17-20,42,45-55H,10-16,21-41,72-74H2,1-3H3,(H2,75,93)(H2,76,94)(H2,77,97)(H,81,98)(H,82,99)(H,83,95)(H,84,96)(H,85,100)(H,86,102)(H,87,104)(H,88,105)(H,89,103)(H,90,101)(H4,78,79,80)/t45-,46-,47-,48-,49-,50-,51-,52-,53-,54-,55-/m0/s1. The minimum atomic E-state index is -1.68. The van der Waals surface area contributed by atoms with E-state index in [0.29, 0.717) is 68.4 Å². The van der Waals surface area contributed by atoms with Crippen molar-refractivity contribution in [2.24, 2.45) is 56.8 Å². The molecule has 0 radical (unpaired) electrons. The van der Waals surface area contributed by atoms with Gasteiger partial charge in [-0.15, -0.1) is 0 Å². The fourth-order valence-electron chi connectivity index (χ4n) is 12.3. The minimum Gasteiger partial charge on any atom is -0.370 e. The number of carbonyl (C=O) groups excluding carboxylic acids is 15. The monoisotopic (exact) mass is 1530 g/mol. The highest BCUT2D eigenvalue weighted by molar-refractivity contribution is 7.98. The third-order valence-corrected chi connectivity index (χ3v) is 18.7. The lowest BCUT2D eigenvalue weighted by Gasteiger charge is -2.32. The van der Waals surface area contributed by atoms with E-state index in [9.17, 15) is 71.9 Å². The number of guanidine groups is 1. The smallest absolute Gasteiger partial charge is 0.245 e. The number of rotatable bonds is 50. The number of thioether (sulfide) groups is 1. The van der Waals surface area contributed by atoms with E-state index in [1.807, 2.05) is 0 Å². The summed E-state index contributed by atoms with van der Waals surface area (Å²) in [6.07, 6.45) is 3.92. The van der Waals surface area contributed by atoms with Gasteiger partial charge in [0, 0.05) is 45.3 Å². The van der Waals surface area contributed by atoms with Gasteiger partial charge in [0.15, 0.2) is 5.96 Å². The normalized spacial score (nSPS) is 16.4. The maximum Gasteiger partial charge on any atom is 0.245 e. The second-order valence-electron chi connectivity index (χ2n) is 27.2. The van der Waals surface area contributed by atoms with Gasteiger partial charge < -0.3 is 109 Å². The van der Waals surface area contributed by atoms with E-state index < -0.39 is 194 Å². The largest absolute Gasteiger partial charge is 0.370 e. The number of aliphatic imine (C=N–C) groups is 1. The van der Waals surface area contributed by atoms with Crippen LogP contribution in [0.25, 0.3) is 0 Å². The summed E-state index contributed by atoms with van der Waals surface area (Å²) in [6.45, 7) is 3.50. The molecule has 0 aliphatic carbocycles. The quantitative estimate of drug-likeness (QED) is 0.0168. The highest BCUT2D eigenvalue weighted by Gasteiger charge is 2.43. The van der Waals surface area contributed by atoms with Crippen LogP contribution in [0.3, 0.4) is 0 Å². The van der Waals surface area contributed by atoms with Gasteiger partial charge in [-0.1, -0.05) is 74.5 Å². The lowest BCUT2D eigenvalue weighted by molar-refractivity contribution is -0.144. The molecule has 15 amide bonds. The number of primary amides is 3. The van der Waals surface area contributed by atoms with Crippen molar-refractivity contribution in [2.45, 2.75) is 209 Å². The van der Waals surface area contributed by atoms with E-state index >= 15 is 0 Å². The molecule has 0 bridgehead atoms. The molecule has 108 heavy (non-hydrogen) atoms. The summed E-state index contributed by atoms with van der Waals surface area (Å²) >= 11 is 1.39. The van der Waals surface area contributed by atoms with Crippen molar-refractivity contribution in [3.05, 3.63) is 71.8 Å². The molecule has 0 unspecified atom stereocenters. The van der Waals surface area contributed by atoms with Crippen LogP contribution in [0.1, 0.15) is 141 Å². The Balaban J connectivity index is 1.55. The lowest BCUT2D eigenvalue weighted by atomic mass is 10.0. The third kappa shape index (κ3) is 32.6. The van der Waals surface area contributed by atoms with Crippen LogP contribution >= 0.6 is 11.8 Å². The fourth-order valence-corrected chi connectivity index (χ4v) is 12.8. The van der Waals surface area contributed by atoms with Crippen molar-refractivity contribution in [1.29, 1.82) is 0 Å². The van der Waals surface area contributed by atoms with Gasteiger partial charge in [-0.2, -0.15) is 11.8 Å². The summed E-state index contributed by atoms with van der Waals surface area (Å²) in [4.78, 5) is 213. The molecule has 0 spiro atoms. The van der Waals surface area contributed by atoms with Crippen molar-refractivity contribution < 1.29 is 71.9 Å². The Kier molecular flexibility index (Phi) is 40.4. The Morgan fingerprint density at radius 2 is 0.889 bits per heavy atom. The SMILES string of the molecule is CSCC[C@H](NC(=O)[C@H](CC(C)C)NC(=O)CNC(=O)[C@H](Cc1ccccc1)NC(=O)[C@H](Cc1ccccc1)NC(=O)[C@H](CCC(N)=O)NC(=O)[C@H](CCC(N)=O)NC(=O)[C@@H]1CCCN1C(=O)[C@H](CCCCN)NC(=O)[C@@H]1CCCN1C(=O)[C@@H](N)CCCN=C(N)N)C(=O)NCC(=O)N[C@@H](CCCCN)C(N)=O. The summed E-state index contributed by atoms with van der Waals surface area (Å²) in [5, 5.41) is 26.1. The minimum absolute atomic E-state index is 0.0580. The Labute approximate surface area is 633 Å². The molecule has 2 heterocycles. The van der Waals surface area contributed by atoms with Crippen molar-refractivity contribution in [3.8, 4) is 0 Å². The van der Waals surface area contributed by atoms with Crippen LogP contribution in [0.15, 0.2) is 65.7 Å². The number of carbonyl (C=O) groups is 15. The molecule has 0 saturated carbocycles. The molecule has 11 atom stereocenters. The van der Waals surface area contributed by atoms with Crippen molar-refractivity contribution in [1.82, 2.24) is 63.0 Å². The number of amides is 15. The first kappa shape index (κ1) is 90.4. The molecule has 2 fully saturated rings. The molecule has 598 valence electrons. The molecule has 0 aromatic heterocycles. The predicted octanol–water partition coefficient (Wildman–Crippen LogP) is -4.98. The summed E-state index contributed by atoms with van der Waals surface area (Å²) < 4.78 is 0. The zero-order valence-corrected chi connectivity index (χ0v) is 62.8. The van der Waals surface area contributed by atoms with Crippen LogP contribution in [0.5, 0.6) is 0 Å². The number of hydrogen-bond acceptors (Lipinski definition) is 20. The van der Waals surface area contributed by atoms with Crippen LogP contribution in [0.4, 0.5) is 0 Å². The number of hydrogen-bond donors (Lipinski definition) is 18. The van der Waals surface area contributed by atoms with Gasteiger partial charge in [-0.3, -0.25) is 76.9 Å². The predicted molar refractivity (Wildman–Crippen MR) is 403 cm³/mol. The molecule has 2 aliphatic rings. The number of nitrogens with two attached hydrogens (primary N) is 8. The van der Waals surface area contributed by atoms with Crippen LogP contribution in [0.2, 0.25) is 0 Å². The first-order valence-corrected chi connectivity index (χ1v) is 38.1. The summed E-state index contributed by atoms with van der Waals surface area (Å²) in [5.74, 6) is -11.8. The zero-order valence-electron chi connectivity index (χ0n) is 62.0. The maximum absolute atomic E-state index is 14.8. The number of benzene rings is 2. The van der Waals surface area contributed by atoms with Crippen LogP contribution in [-0.2, 0) is 84.8 Å². The van der Waals surface area contributed by atoms with Crippen molar-refractivity contribution >= 4 is 106 Å². The summed E-state index contributed by atoms with van der Waals surface area (Å²) in [5.41, 5.74) is 46.1. The van der Waals surface area contributed by atoms with E-state index in [0.717, 1.165) is 0 Å². The maximum atomic E-state index is 14.8. The van der Waals surface area contributed by atoms with Gasteiger partial charge >= 0.3 is 0 Å². The number of likely N-dealkylation sites (tertiary alicyclic amines) is 2. The summed E-state index contributed by atoms with van der Waals surface area (Å²) in [6, 6.07) is 2.82. The Hall–Kier alpha value is -10.0. The molecular formula is C71H113N21O15S. The zero-order chi connectivity index (χ0) is 79.8. The van der Waals surface area contributed by atoms with Gasteiger partial charge in [-0.25, -0.2) is 0 Å². The van der Waals surface area contributed by atoms with E-state index in [2.05, 4.69) is 58.2 Å². The lowest BCUT2D eigenvalue weighted by Crippen LogP contribution is -2.60. The topological polar surface area (TPSA) is 603 Å². The Morgan fingerprint density at radius 3 is 1.35 bits per heavy atom. The second kappa shape index (κ2) is 48.3. The highest BCUT2D eigenvalue weighted by Crippen LogP contribution is 2.24. The molecule has 2 saturated heterocycles. The van der Waals surface area contributed by atoms with Gasteiger partial charge in [0.2, 0.25) is 88.6 Å². The Morgan fingerprint density at radius 1 is 0.472 bits per heavy atom.